The van der Waals surface area contributed by atoms with E-state index in [0.29, 0.717) is 30.2 Å². The van der Waals surface area contributed by atoms with Crippen LogP contribution in [0.3, 0.4) is 0 Å². The van der Waals surface area contributed by atoms with E-state index in [4.69, 9.17) is 11.6 Å². The molecule has 0 saturated carbocycles. The van der Waals surface area contributed by atoms with Crippen molar-refractivity contribution in [2.45, 2.75) is 12.6 Å². The molecule has 0 amide bonds. The first-order valence-electron chi connectivity index (χ1n) is 5.70. The molecule has 0 radical (unpaired) electrons. The van der Waals surface area contributed by atoms with Gasteiger partial charge in [-0.2, -0.15) is 0 Å². The fourth-order valence-electron chi connectivity index (χ4n) is 2.00. The second-order valence-corrected chi connectivity index (χ2v) is 4.79. The molecule has 2 atom stereocenters. The van der Waals surface area contributed by atoms with Gasteiger partial charge in [0.15, 0.2) is 0 Å². The van der Waals surface area contributed by atoms with Gasteiger partial charge in [0.1, 0.15) is 5.82 Å². The summed E-state index contributed by atoms with van der Waals surface area (Å²) in [6.45, 7) is 2.53. The van der Waals surface area contributed by atoms with Crippen LogP contribution < -0.4 is 10.6 Å². The summed E-state index contributed by atoms with van der Waals surface area (Å²) in [7, 11) is 0. The molecule has 0 aliphatic carbocycles. The van der Waals surface area contributed by atoms with Gasteiger partial charge in [0.2, 0.25) is 0 Å². The average molecular weight is 259 g/mol. The van der Waals surface area contributed by atoms with Crippen LogP contribution >= 0.6 is 11.6 Å². The van der Waals surface area contributed by atoms with Gasteiger partial charge in [-0.25, -0.2) is 4.39 Å². The Hall–Kier alpha value is -0.680. The van der Waals surface area contributed by atoms with Gasteiger partial charge in [0.05, 0.1) is 6.10 Å². The zero-order valence-electron chi connectivity index (χ0n) is 9.42. The molecule has 2 rings (SSSR count). The van der Waals surface area contributed by atoms with Crippen LogP contribution in [0.25, 0.3) is 0 Å². The monoisotopic (exact) mass is 258 g/mol. The van der Waals surface area contributed by atoms with E-state index in [9.17, 15) is 9.50 Å². The molecular weight excluding hydrogens is 243 g/mol. The van der Waals surface area contributed by atoms with Crippen molar-refractivity contribution in [3.63, 3.8) is 0 Å². The number of hydrogen-bond acceptors (Lipinski definition) is 3. The topological polar surface area (TPSA) is 44.3 Å². The lowest BCUT2D eigenvalue weighted by Crippen LogP contribution is -2.30. The number of aliphatic hydroxyl groups is 1. The summed E-state index contributed by atoms with van der Waals surface area (Å²) in [6.07, 6.45) is -0.313. The van der Waals surface area contributed by atoms with E-state index in [-0.39, 0.29) is 17.8 Å². The summed E-state index contributed by atoms with van der Waals surface area (Å²) in [4.78, 5) is 0. The quantitative estimate of drug-likeness (QED) is 0.759. The third-order valence-electron chi connectivity index (χ3n) is 3.03. The fraction of sp³-hybridized carbons (Fsp3) is 0.500. The molecule has 1 heterocycles. The molecule has 1 aromatic rings. The van der Waals surface area contributed by atoms with Crippen LogP contribution in [-0.2, 0) is 6.54 Å². The number of benzene rings is 1. The highest BCUT2D eigenvalue weighted by atomic mass is 35.5. The van der Waals surface area contributed by atoms with Crippen LogP contribution in [0.5, 0.6) is 0 Å². The number of hydrogen-bond donors (Lipinski definition) is 3. The Morgan fingerprint density at radius 1 is 1.47 bits per heavy atom. The van der Waals surface area contributed by atoms with E-state index in [1.54, 1.807) is 6.07 Å². The zero-order valence-corrected chi connectivity index (χ0v) is 10.2. The lowest BCUT2D eigenvalue weighted by molar-refractivity contribution is 0.146. The van der Waals surface area contributed by atoms with Crippen LogP contribution in [0.1, 0.15) is 5.56 Å². The summed E-state index contributed by atoms with van der Waals surface area (Å²) in [5.41, 5.74) is 0.554. The molecule has 3 N–H and O–H groups in total. The van der Waals surface area contributed by atoms with Crippen molar-refractivity contribution in [1.82, 2.24) is 10.6 Å². The minimum Gasteiger partial charge on any atom is -0.391 e. The minimum atomic E-state index is -0.313. The van der Waals surface area contributed by atoms with Gasteiger partial charge in [-0.15, -0.1) is 0 Å². The van der Waals surface area contributed by atoms with Crippen molar-refractivity contribution in [1.29, 1.82) is 0 Å². The Bertz CT molecular complexity index is 389. The molecule has 0 spiro atoms. The van der Waals surface area contributed by atoms with Gasteiger partial charge in [-0.1, -0.05) is 11.6 Å². The van der Waals surface area contributed by atoms with Crippen molar-refractivity contribution in [3.05, 3.63) is 34.6 Å². The first-order chi connectivity index (χ1) is 8.16. The Morgan fingerprint density at radius 2 is 2.29 bits per heavy atom. The van der Waals surface area contributed by atoms with Crippen LogP contribution in [0.15, 0.2) is 18.2 Å². The van der Waals surface area contributed by atoms with Crippen LogP contribution in [0.2, 0.25) is 5.02 Å². The lowest BCUT2D eigenvalue weighted by Gasteiger charge is -2.14. The summed E-state index contributed by atoms with van der Waals surface area (Å²) >= 11 is 5.80. The predicted octanol–water partition coefficient (Wildman–Crippen LogP) is 1.15. The van der Waals surface area contributed by atoms with Crippen LogP contribution in [0, 0.1) is 11.7 Å². The Morgan fingerprint density at radius 3 is 3.00 bits per heavy atom. The first kappa shape index (κ1) is 12.8. The van der Waals surface area contributed by atoms with E-state index >= 15 is 0 Å². The fourth-order valence-corrected chi connectivity index (χ4v) is 2.19. The SMILES string of the molecule is OC1CNCC1CNCc1cc(Cl)ccc1F. The van der Waals surface area contributed by atoms with Crippen molar-refractivity contribution in [2.24, 2.45) is 5.92 Å². The molecule has 5 heteroatoms. The number of β-amino-alcohol motifs (C(OH)–C–C–N with tert-alkyl or cyclic N) is 1. The smallest absolute Gasteiger partial charge is 0.127 e. The first-order valence-corrected chi connectivity index (χ1v) is 6.08. The molecule has 1 aliphatic rings. The summed E-state index contributed by atoms with van der Waals surface area (Å²) in [5, 5.41) is 16.4. The van der Waals surface area contributed by atoms with Gasteiger partial charge in [-0.3, -0.25) is 0 Å². The predicted molar refractivity (Wildman–Crippen MR) is 65.5 cm³/mol. The zero-order chi connectivity index (χ0) is 12.3. The number of rotatable bonds is 4. The van der Waals surface area contributed by atoms with Gasteiger partial charge < -0.3 is 15.7 Å². The maximum absolute atomic E-state index is 13.4. The normalized spacial score (nSPS) is 24.2. The number of halogens is 2. The molecule has 1 aromatic carbocycles. The van der Waals surface area contributed by atoms with Gasteiger partial charge in [0.25, 0.3) is 0 Å². The highest BCUT2D eigenvalue weighted by molar-refractivity contribution is 6.30. The van der Waals surface area contributed by atoms with Crippen LogP contribution in [-0.4, -0.2) is 30.8 Å². The standard InChI is InChI=1S/C12H16ClFN2O/c13-10-1-2-11(14)8(3-10)4-15-5-9-6-16-7-12(9)17/h1-3,9,12,15-17H,4-7H2. The molecule has 17 heavy (non-hydrogen) atoms. The van der Waals surface area contributed by atoms with Gasteiger partial charge >= 0.3 is 0 Å². The highest BCUT2D eigenvalue weighted by Gasteiger charge is 2.24. The maximum atomic E-state index is 13.4. The molecule has 0 aromatic heterocycles. The van der Waals surface area contributed by atoms with Gasteiger partial charge in [-0.05, 0) is 18.2 Å². The summed E-state index contributed by atoms with van der Waals surface area (Å²) in [6, 6.07) is 4.52. The second kappa shape index (κ2) is 5.78. The Balaban J connectivity index is 1.83. The van der Waals surface area contributed by atoms with E-state index in [1.807, 2.05) is 0 Å². The molecule has 0 bridgehead atoms. The number of aliphatic hydroxyl groups excluding tert-OH is 1. The Labute approximate surface area is 105 Å². The van der Waals surface area contributed by atoms with Gasteiger partial charge in [0, 0.05) is 42.7 Å². The molecule has 1 fully saturated rings. The van der Waals surface area contributed by atoms with E-state index in [2.05, 4.69) is 10.6 Å². The van der Waals surface area contributed by atoms with Crippen molar-refractivity contribution < 1.29 is 9.50 Å². The van der Waals surface area contributed by atoms with Crippen molar-refractivity contribution in [2.75, 3.05) is 19.6 Å². The van der Waals surface area contributed by atoms with E-state index < -0.39 is 0 Å². The lowest BCUT2D eigenvalue weighted by atomic mass is 10.1. The summed E-state index contributed by atoms with van der Waals surface area (Å²) < 4.78 is 13.4. The van der Waals surface area contributed by atoms with E-state index in [1.165, 1.54) is 12.1 Å². The van der Waals surface area contributed by atoms with Crippen LogP contribution in [0.4, 0.5) is 4.39 Å². The molecule has 94 valence electrons. The molecule has 1 saturated heterocycles. The molecular formula is C12H16ClFN2O. The highest BCUT2D eigenvalue weighted by Crippen LogP contribution is 2.15. The van der Waals surface area contributed by atoms with Crippen molar-refractivity contribution in [3.8, 4) is 0 Å². The largest absolute Gasteiger partial charge is 0.391 e. The minimum absolute atomic E-state index is 0.192. The third kappa shape index (κ3) is 3.39. The number of nitrogens with one attached hydrogen (secondary N) is 2. The van der Waals surface area contributed by atoms with Crippen molar-refractivity contribution >= 4 is 11.6 Å². The molecule has 1 aliphatic heterocycles. The molecule has 3 nitrogen and oxygen atoms in total. The molecule has 2 unspecified atom stereocenters. The Kier molecular flexibility index (Phi) is 4.34. The second-order valence-electron chi connectivity index (χ2n) is 4.35. The maximum Gasteiger partial charge on any atom is 0.127 e. The average Bonchev–Trinajstić information content (AvgIpc) is 2.70. The van der Waals surface area contributed by atoms with E-state index in [0.717, 1.165) is 6.54 Å². The third-order valence-corrected chi connectivity index (χ3v) is 3.27. The summed E-state index contributed by atoms with van der Waals surface area (Å²) in [5.74, 6) is -0.0655.